The molecule has 158 valence electrons. The standard InChI is InChI=1S/C25H24N2O4/c1-17-25(29)27(15-18-8-4-3-5-9-18)16-19-14-20(12-13-22(19)31-17)26-24(28)21-10-6-7-11-23(21)30-2/h3-14,17H,15-16H2,1-2H3,(H,26,28). The van der Waals surface area contributed by atoms with Crippen LogP contribution in [0.4, 0.5) is 5.69 Å². The van der Waals surface area contributed by atoms with Gasteiger partial charge in [-0.15, -0.1) is 0 Å². The quantitative estimate of drug-likeness (QED) is 0.675. The number of carbonyl (C=O) groups is 2. The highest BCUT2D eigenvalue weighted by Crippen LogP contribution is 2.30. The number of hydrogen-bond donors (Lipinski definition) is 1. The summed E-state index contributed by atoms with van der Waals surface area (Å²) in [6, 6.07) is 22.3. The summed E-state index contributed by atoms with van der Waals surface area (Å²) in [7, 11) is 1.53. The minimum Gasteiger partial charge on any atom is -0.496 e. The van der Waals surface area contributed by atoms with E-state index in [1.54, 1.807) is 42.2 Å². The molecule has 31 heavy (non-hydrogen) atoms. The number of methoxy groups -OCH3 is 1. The number of hydrogen-bond acceptors (Lipinski definition) is 4. The summed E-state index contributed by atoms with van der Waals surface area (Å²) in [6.07, 6.45) is -0.584. The summed E-state index contributed by atoms with van der Waals surface area (Å²) >= 11 is 0. The third-order valence-electron chi connectivity index (χ3n) is 5.21. The molecule has 1 atom stereocenters. The molecule has 6 heteroatoms. The van der Waals surface area contributed by atoms with Gasteiger partial charge in [0.25, 0.3) is 11.8 Å². The largest absolute Gasteiger partial charge is 0.496 e. The second-order valence-corrected chi connectivity index (χ2v) is 7.42. The SMILES string of the molecule is COc1ccccc1C(=O)Nc1ccc2c(c1)CN(Cc1ccccc1)C(=O)C(C)O2. The Morgan fingerprint density at radius 1 is 1.10 bits per heavy atom. The first kappa shape index (κ1) is 20.5. The number of carbonyl (C=O) groups excluding carboxylic acids is 2. The third kappa shape index (κ3) is 4.53. The summed E-state index contributed by atoms with van der Waals surface area (Å²) in [5.74, 6) is 0.815. The molecule has 0 bridgehead atoms. The van der Waals surface area contributed by atoms with E-state index in [1.165, 1.54) is 7.11 Å². The van der Waals surface area contributed by atoms with Crippen LogP contribution in [0.1, 0.15) is 28.4 Å². The Morgan fingerprint density at radius 3 is 2.61 bits per heavy atom. The van der Waals surface area contributed by atoms with Gasteiger partial charge < -0.3 is 19.7 Å². The molecule has 0 saturated heterocycles. The zero-order chi connectivity index (χ0) is 21.8. The zero-order valence-corrected chi connectivity index (χ0v) is 17.5. The number of nitrogens with zero attached hydrogens (tertiary/aromatic N) is 1. The highest BCUT2D eigenvalue weighted by molar-refractivity contribution is 6.06. The average molecular weight is 416 g/mol. The Labute approximate surface area is 181 Å². The highest BCUT2D eigenvalue weighted by atomic mass is 16.5. The van der Waals surface area contributed by atoms with E-state index >= 15 is 0 Å². The van der Waals surface area contributed by atoms with Gasteiger partial charge in [-0.3, -0.25) is 9.59 Å². The van der Waals surface area contributed by atoms with Crippen molar-refractivity contribution in [1.29, 1.82) is 0 Å². The molecule has 6 nitrogen and oxygen atoms in total. The molecule has 0 spiro atoms. The van der Waals surface area contributed by atoms with E-state index in [9.17, 15) is 9.59 Å². The van der Waals surface area contributed by atoms with Gasteiger partial charge >= 0.3 is 0 Å². The van der Waals surface area contributed by atoms with E-state index in [0.29, 0.717) is 35.8 Å². The molecule has 0 saturated carbocycles. The molecule has 1 heterocycles. The fourth-order valence-corrected chi connectivity index (χ4v) is 3.65. The maximum atomic E-state index is 12.9. The Kier molecular flexibility index (Phi) is 5.89. The fraction of sp³-hybridized carbons (Fsp3) is 0.200. The second kappa shape index (κ2) is 8.92. The molecular weight excluding hydrogens is 392 g/mol. The number of amides is 2. The minimum absolute atomic E-state index is 0.0698. The first-order valence-corrected chi connectivity index (χ1v) is 10.1. The van der Waals surface area contributed by atoms with Gasteiger partial charge in [-0.2, -0.15) is 0 Å². The van der Waals surface area contributed by atoms with Crippen LogP contribution in [0.5, 0.6) is 11.5 Å². The summed E-state index contributed by atoms with van der Waals surface area (Å²) in [5.41, 5.74) is 2.96. The van der Waals surface area contributed by atoms with Gasteiger partial charge in [-0.1, -0.05) is 42.5 Å². The molecule has 0 aliphatic carbocycles. The van der Waals surface area contributed by atoms with Gasteiger partial charge in [0.15, 0.2) is 6.10 Å². The van der Waals surface area contributed by atoms with Crippen LogP contribution in [-0.2, 0) is 17.9 Å². The van der Waals surface area contributed by atoms with Crippen LogP contribution in [0.25, 0.3) is 0 Å². The summed E-state index contributed by atoms with van der Waals surface area (Å²) in [6.45, 7) is 2.64. The predicted molar refractivity (Wildman–Crippen MR) is 118 cm³/mol. The number of rotatable bonds is 5. The molecule has 0 aromatic heterocycles. The number of para-hydroxylation sites is 1. The lowest BCUT2D eigenvalue weighted by molar-refractivity contribution is -0.138. The number of fused-ring (bicyclic) bond motifs is 1. The summed E-state index contributed by atoms with van der Waals surface area (Å²) in [4.78, 5) is 27.4. The minimum atomic E-state index is -0.584. The van der Waals surface area contributed by atoms with Gasteiger partial charge in [-0.25, -0.2) is 0 Å². The summed E-state index contributed by atoms with van der Waals surface area (Å²) in [5, 5.41) is 2.91. The van der Waals surface area contributed by atoms with Crippen LogP contribution >= 0.6 is 0 Å². The lowest BCUT2D eigenvalue weighted by atomic mass is 10.1. The van der Waals surface area contributed by atoms with E-state index in [4.69, 9.17) is 9.47 Å². The third-order valence-corrected chi connectivity index (χ3v) is 5.21. The van der Waals surface area contributed by atoms with Crippen molar-refractivity contribution in [3.05, 3.63) is 89.5 Å². The number of nitrogens with one attached hydrogen (secondary N) is 1. The highest BCUT2D eigenvalue weighted by Gasteiger charge is 2.28. The Morgan fingerprint density at radius 2 is 1.84 bits per heavy atom. The van der Waals surface area contributed by atoms with E-state index in [2.05, 4.69) is 5.32 Å². The predicted octanol–water partition coefficient (Wildman–Crippen LogP) is 4.26. The molecule has 1 unspecified atom stereocenters. The molecular formula is C25H24N2O4. The van der Waals surface area contributed by atoms with Crippen LogP contribution in [0.15, 0.2) is 72.8 Å². The molecule has 0 radical (unpaired) electrons. The Balaban J connectivity index is 1.58. The van der Waals surface area contributed by atoms with E-state index in [-0.39, 0.29) is 11.8 Å². The summed E-state index contributed by atoms with van der Waals surface area (Å²) < 4.78 is 11.2. The number of ether oxygens (including phenoxy) is 2. The maximum Gasteiger partial charge on any atom is 0.263 e. The Bertz CT molecular complexity index is 1100. The molecule has 4 rings (SSSR count). The second-order valence-electron chi connectivity index (χ2n) is 7.42. The molecule has 1 aliphatic heterocycles. The molecule has 0 fully saturated rings. The average Bonchev–Trinajstić information content (AvgIpc) is 2.90. The van der Waals surface area contributed by atoms with Crippen molar-refractivity contribution >= 4 is 17.5 Å². The van der Waals surface area contributed by atoms with E-state index < -0.39 is 6.10 Å². The van der Waals surface area contributed by atoms with Gasteiger partial charge in [0.2, 0.25) is 0 Å². The fourth-order valence-electron chi connectivity index (χ4n) is 3.65. The first-order chi connectivity index (χ1) is 15.0. The zero-order valence-electron chi connectivity index (χ0n) is 17.5. The lowest BCUT2D eigenvalue weighted by Crippen LogP contribution is -2.37. The van der Waals surface area contributed by atoms with Gasteiger partial charge in [0.1, 0.15) is 11.5 Å². The van der Waals surface area contributed by atoms with E-state index in [0.717, 1.165) is 11.1 Å². The van der Waals surface area contributed by atoms with Crippen LogP contribution in [-0.4, -0.2) is 29.9 Å². The molecule has 1 N–H and O–H groups in total. The van der Waals surface area contributed by atoms with Crippen molar-refractivity contribution in [3.8, 4) is 11.5 Å². The van der Waals surface area contributed by atoms with Crippen molar-refractivity contribution in [3.63, 3.8) is 0 Å². The van der Waals surface area contributed by atoms with Crippen molar-refractivity contribution < 1.29 is 19.1 Å². The van der Waals surface area contributed by atoms with Gasteiger partial charge in [-0.05, 0) is 42.8 Å². The number of benzene rings is 3. The first-order valence-electron chi connectivity index (χ1n) is 10.1. The van der Waals surface area contributed by atoms with Crippen molar-refractivity contribution in [1.82, 2.24) is 4.90 Å². The maximum absolute atomic E-state index is 12.9. The van der Waals surface area contributed by atoms with Crippen LogP contribution < -0.4 is 14.8 Å². The van der Waals surface area contributed by atoms with Crippen molar-refractivity contribution in [2.24, 2.45) is 0 Å². The smallest absolute Gasteiger partial charge is 0.263 e. The monoisotopic (exact) mass is 416 g/mol. The van der Waals surface area contributed by atoms with Crippen molar-refractivity contribution in [2.45, 2.75) is 26.1 Å². The molecule has 1 aliphatic rings. The van der Waals surface area contributed by atoms with Crippen LogP contribution in [0.2, 0.25) is 0 Å². The molecule has 3 aromatic carbocycles. The van der Waals surface area contributed by atoms with Crippen LogP contribution in [0.3, 0.4) is 0 Å². The van der Waals surface area contributed by atoms with Gasteiger partial charge in [0, 0.05) is 24.3 Å². The molecule has 2 amide bonds. The lowest BCUT2D eigenvalue weighted by Gasteiger charge is -2.22. The van der Waals surface area contributed by atoms with Crippen molar-refractivity contribution in [2.75, 3.05) is 12.4 Å². The molecule has 3 aromatic rings. The topological polar surface area (TPSA) is 67.9 Å². The van der Waals surface area contributed by atoms with E-state index in [1.807, 2.05) is 42.5 Å². The van der Waals surface area contributed by atoms with Crippen LogP contribution in [0, 0.1) is 0 Å². The van der Waals surface area contributed by atoms with Gasteiger partial charge in [0.05, 0.1) is 12.7 Å². The Hall–Kier alpha value is -3.80. The number of anilines is 1. The normalized spacial score (nSPS) is 15.5.